The van der Waals surface area contributed by atoms with Crippen molar-refractivity contribution >= 4 is 5.91 Å². The van der Waals surface area contributed by atoms with Crippen molar-refractivity contribution in [3.05, 3.63) is 0 Å². The molecule has 1 unspecified atom stereocenters. The fraction of sp³-hybridized carbons (Fsp3) is 0.947. The van der Waals surface area contributed by atoms with Crippen LogP contribution in [-0.4, -0.2) is 35.1 Å². The van der Waals surface area contributed by atoms with Crippen molar-refractivity contribution in [3.8, 4) is 0 Å². The fourth-order valence-corrected chi connectivity index (χ4v) is 2.76. The molecule has 22 heavy (non-hydrogen) atoms. The van der Waals surface area contributed by atoms with Crippen molar-refractivity contribution in [2.75, 3.05) is 13.1 Å². The average molecular weight is 314 g/mol. The number of amides is 1. The van der Waals surface area contributed by atoms with E-state index in [4.69, 9.17) is 0 Å². The number of aliphatic hydroxyl groups is 1. The maximum atomic E-state index is 12.1. The largest absolute Gasteiger partial charge is 0.384 e. The summed E-state index contributed by atoms with van der Waals surface area (Å²) in [6.45, 7) is 7.65. The Bertz CT molecular complexity index is 238. The molecule has 0 aromatic carbocycles. The Morgan fingerprint density at radius 3 is 1.50 bits per heavy atom. The van der Waals surface area contributed by atoms with Crippen molar-refractivity contribution in [1.82, 2.24) is 4.90 Å². The molecule has 1 amide bonds. The first-order valence-corrected chi connectivity index (χ1v) is 9.60. The summed E-state index contributed by atoms with van der Waals surface area (Å²) in [4.78, 5) is 13.9. The monoisotopic (exact) mass is 313 g/mol. The Balaban J connectivity index is 3.88. The van der Waals surface area contributed by atoms with E-state index in [0.717, 1.165) is 25.9 Å². The maximum absolute atomic E-state index is 12.1. The zero-order valence-electron chi connectivity index (χ0n) is 15.3. The Morgan fingerprint density at radius 1 is 0.773 bits per heavy atom. The lowest BCUT2D eigenvalue weighted by Gasteiger charge is -2.24. The number of hydrogen-bond donors (Lipinski definition) is 1. The first-order valence-electron chi connectivity index (χ1n) is 9.60. The lowest BCUT2D eigenvalue weighted by Crippen LogP contribution is -2.39. The number of carbonyl (C=O) groups is 1. The summed E-state index contributed by atoms with van der Waals surface area (Å²) in [5.74, 6) is -0.0953. The van der Waals surface area contributed by atoms with E-state index in [-0.39, 0.29) is 5.91 Å². The molecule has 0 rings (SSSR count). The predicted octanol–water partition coefficient (Wildman–Crippen LogP) is 4.92. The van der Waals surface area contributed by atoms with Crippen LogP contribution in [0.5, 0.6) is 0 Å². The van der Waals surface area contributed by atoms with Crippen LogP contribution >= 0.6 is 0 Å². The van der Waals surface area contributed by atoms with E-state index in [1.807, 2.05) is 4.90 Å². The fourth-order valence-electron chi connectivity index (χ4n) is 2.76. The molecular formula is C19H39NO2. The molecule has 3 heteroatoms. The van der Waals surface area contributed by atoms with Gasteiger partial charge in [-0.2, -0.15) is 0 Å². The van der Waals surface area contributed by atoms with Crippen LogP contribution in [0.25, 0.3) is 0 Å². The van der Waals surface area contributed by atoms with Gasteiger partial charge in [-0.3, -0.25) is 4.79 Å². The van der Waals surface area contributed by atoms with E-state index >= 15 is 0 Å². The molecule has 0 radical (unpaired) electrons. The molecule has 1 N–H and O–H groups in total. The van der Waals surface area contributed by atoms with Crippen LogP contribution < -0.4 is 0 Å². The van der Waals surface area contributed by atoms with Crippen molar-refractivity contribution in [1.29, 1.82) is 0 Å². The Morgan fingerprint density at radius 2 is 1.14 bits per heavy atom. The highest BCUT2D eigenvalue weighted by molar-refractivity contribution is 5.80. The summed E-state index contributed by atoms with van der Waals surface area (Å²) in [5, 5.41) is 9.55. The molecule has 0 aromatic heterocycles. The van der Waals surface area contributed by atoms with Gasteiger partial charge >= 0.3 is 0 Å². The lowest BCUT2D eigenvalue weighted by atomic mass is 10.1. The van der Waals surface area contributed by atoms with Crippen LogP contribution in [0.1, 0.15) is 97.8 Å². The summed E-state index contributed by atoms with van der Waals surface area (Å²) >= 11 is 0. The van der Waals surface area contributed by atoms with Crippen molar-refractivity contribution in [2.24, 2.45) is 0 Å². The van der Waals surface area contributed by atoms with Crippen molar-refractivity contribution in [2.45, 2.75) is 104 Å². The summed E-state index contributed by atoms with van der Waals surface area (Å²) in [6.07, 6.45) is 14.0. The van der Waals surface area contributed by atoms with Gasteiger partial charge in [0.05, 0.1) is 0 Å². The molecule has 1 atom stereocenters. The summed E-state index contributed by atoms with van der Waals surface area (Å²) in [6, 6.07) is 0. The van der Waals surface area contributed by atoms with Crippen LogP contribution in [0.15, 0.2) is 0 Å². The minimum atomic E-state index is -0.861. The zero-order chi connectivity index (χ0) is 16.6. The predicted molar refractivity (Wildman–Crippen MR) is 95.0 cm³/mol. The molecule has 0 fully saturated rings. The molecule has 0 saturated heterocycles. The third-order valence-corrected chi connectivity index (χ3v) is 4.23. The molecule has 0 saturated carbocycles. The summed E-state index contributed by atoms with van der Waals surface area (Å²) in [7, 11) is 0. The standard InChI is InChI=1S/C19H39NO2/c1-4-6-8-10-12-14-16-20(19(22)18(3)21)17-15-13-11-9-7-5-2/h18,21H,4-17H2,1-3H3. The molecular weight excluding hydrogens is 274 g/mol. The number of carbonyl (C=O) groups excluding carboxylic acids is 1. The number of rotatable bonds is 15. The SMILES string of the molecule is CCCCCCCCN(CCCCCCCC)C(=O)C(C)O. The van der Waals surface area contributed by atoms with Gasteiger partial charge in [0.1, 0.15) is 6.10 Å². The first kappa shape index (κ1) is 21.4. The van der Waals surface area contributed by atoms with Crippen LogP contribution in [-0.2, 0) is 4.79 Å². The Hall–Kier alpha value is -0.570. The number of hydrogen-bond acceptors (Lipinski definition) is 2. The minimum Gasteiger partial charge on any atom is -0.384 e. The highest BCUT2D eigenvalue weighted by Crippen LogP contribution is 2.10. The normalized spacial score (nSPS) is 12.4. The molecule has 0 aliphatic heterocycles. The van der Waals surface area contributed by atoms with E-state index in [1.165, 1.54) is 64.2 Å². The van der Waals surface area contributed by atoms with Gasteiger partial charge in [0.15, 0.2) is 0 Å². The van der Waals surface area contributed by atoms with Crippen LogP contribution in [0.2, 0.25) is 0 Å². The lowest BCUT2D eigenvalue weighted by molar-refractivity contribution is -0.139. The van der Waals surface area contributed by atoms with E-state index in [9.17, 15) is 9.90 Å². The molecule has 0 aliphatic rings. The zero-order valence-corrected chi connectivity index (χ0v) is 15.3. The number of nitrogens with zero attached hydrogens (tertiary/aromatic N) is 1. The maximum Gasteiger partial charge on any atom is 0.251 e. The second-order valence-electron chi connectivity index (χ2n) is 6.54. The molecule has 3 nitrogen and oxygen atoms in total. The third kappa shape index (κ3) is 12.0. The van der Waals surface area contributed by atoms with Gasteiger partial charge in [-0.1, -0.05) is 78.1 Å². The number of aliphatic hydroxyl groups excluding tert-OH is 1. The van der Waals surface area contributed by atoms with E-state index < -0.39 is 6.10 Å². The first-order chi connectivity index (χ1) is 10.6. The van der Waals surface area contributed by atoms with Crippen LogP contribution in [0, 0.1) is 0 Å². The average Bonchev–Trinajstić information content (AvgIpc) is 2.51. The van der Waals surface area contributed by atoms with Crippen molar-refractivity contribution in [3.63, 3.8) is 0 Å². The summed E-state index contributed by atoms with van der Waals surface area (Å²) in [5.41, 5.74) is 0. The topological polar surface area (TPSA) is 40.5 Å². The highest BCUT2D eigenvalue weighted by atomic mass is 16.3. The Labute approximate surface area is 138 Å². The van der Waals surface area contributed by atoms with Crippen LogP contribution in [0.4, 0.5) is 0 Å². The van der Waals surface area contributed by atoms with Gasteiger partial charge in [0, 0.05) is 13.1 Å². The van der Waals surface area contributed by atoms with Crippen LogP contribution in [0.3, 0.4) is 0 Å². The molecule has 132 valence electrons. The van der Waals surface area contributed by atoms with Gasteiger partial charge in [0.2, 0.25) is 0 Å². The molecule has 0 aromatic rings. The molecule has 0 aliphatic carbocycles. The Kier molecular flexibility index (Phi) is 14.9. The van der Waals surface area contributed by atoms with E-state index in [0.29, 0.717) is 0 Å². The molecule has 0 bridgehead atoms. The minimum absolute atomic E-state index is 0.0953. The van der Waals surface area contributed by atoms with E-state index in [1.54, 1.807) is 6.92 Å². The second-order valence-corrected chi connectivity index (χ2v) is 6.54. The van der Waals surface area contributed by atoms with Gasteiger partial charge in [0.25, 0.3) is 5.91 Å². The third-order valence-electron chi connectivity index (χ3n) is 4.23. The molecule has 0 spiro atoms. The van der Waals surface area contributed by atoms with E-state index in [2.05, 4.69) is 13.8 Å². The smallest absolute Gasteiger partial charge is 0.251 e. The number of unbranched alkanes of at least 4 members (excludes halogenated alkanes) is 10. The highest BCUT2D eigenvalue weighted by Gasteiger charge is 2.17. The van der Waals surface area contributed by atoms with Gasteiger partial charge < -0.3 is 10.0 Å². The van der Waals surface area contributed by atoms with Gasteiger partial charge in [-0.25, -0.2) is 0 Å². The van der Waals surface area contributed by atoms with Crippen molar-refractivity contribution < 1.29 is 9.90 Å². The quantitative estimate of drug-likeness (QED) is 0.436. The molecule has 0 heterocycles. The summed E-state index contributed by atoms with van der Waals surface area (Å²) < 4.78 is 0. The van der Waals surface area contributed by atoms with Gasteiger partial charge in [-0.15, -0.1) is 0 Å². The van der Waals surface area contributed by atoms with Gasteiger partial charge in [-0.05, 0) is 19.8 Å². The second kappa shape index (κ2) is 15.3.